The number of nitrogens with zero attached hydrogens (tertiary/aromatic N) is 3. The van der Waals surface area contributed by atoms with Gasteiger partial charge in [-0.05, 0) is 18.9 Å². The molecule has 94 valence electrons. The van der Waals surface area contributed by atoms with E-state index in [0.717, 1.165) is 38.6 Å². The van der Waals surface area contributed by atoms with Crippen LogP contribution in [0.5, 0.6) is 0 Å². The van der Waals surface area contributed by atoms with Crippen molar-refractivity contribution in [3.63, 3.8) is 0 Å². The normalized spacial score (nSPS) is 21.9. The Kier molecular flexibility index (Phi) is 3.16. The third-order valence-corrected chi connectivity index (χ3v) is 4.11. The smallest absolute Gasteiger partial charge is 0.0658 e. The summed E-state index contributed by atoms with van der Waals surface area (Å²) in [6.07, 6.45) is 5.43. The van der Waals surface area contributed by atoms with Crippen LogP contribution in [0.25, 0.3) is 0 Å². The SMILES string of the molecule is NCCN1CCn2nc(C3CCCC3)cc2C1. The third-order valence-electron chi connectivity index (χ3n) is 4.11. The predicted octanol–water partition coefficient (Wildman–Crippen LogP) is 1.31. The zero-order valence-corrected chi connectivity index (χ0v) is 10.4. The fourth-order valence-electron chi connectivity index (χ4n) is 3.14. The lowest BCUT2D eigenvalue weighted by Gasteiger charge is -2.26. The van der Waals surface area contributed by atoms with Crippen LogP contribution in [-0.4, -0.2) is 34.3 Å². The molecule has 0 radical (unpaired) electrons. The summed E-state index contributed by atoms with van der Waals surface area (Å²) in [7, 11) is 0. The lowest BCUT2D eigenvalue weighted by molar-refractivity contribution is 0.218. The number of hydrogen-bond acceptors (Lipinski definition) is 3. The van der Waals surface area contributed by atoms with E-state index in [1.165, 1.54) is 37.1 Å². The highest BCUT2D eigenvalue weighted by molar-refractivity contribution is 5.16. The average molecular weight is 234 g/mol. The second-order valence-corrected chi connectivity index (χ2v) is 5.33. The van der Waals surface area contributed by atoms with E-state index in [9.17, 15) is 0 Å². The molecule has 1 saturated carbocycles. The summed E-state index contributed by atoms with van der Waals surface area (Å²) < 4.78 is 2.21. The summed E-state index contributed by atoms with van der Waals surface area (Å²) in [5.74, 6) is 0.732. The first-order chi connectivity index (χ1) is 8.36. The molecule has 2 heterocycles. The van der Waals surface area contributed by atoms with Crippen molar-refractivity contribution >= 4 is 0 Å². The van der Waals surface area contributed by atoms with Crippen molar-refractivity contribution in [3.8, 4) is 0 Å². The Hall–Kier alpha value is -0.870. The summed E-state index contributed by atoms with van der Waals surface area (Å²) >= 11 is 0. The van der Waals surface area contributed by atoms with Crippen molar-refractivity contribution in [2.75, 3.05) is 19.6 Å². The van der Waals surface area contributed by atoms with Gasteiger partial charge < -0.3 is 5.73 Å². The molecule has 1 fully saturated rings. The Balaban J connectivity index is 1.74. The van der Waals surface area contributed by atoms with Crippen LogP contribution in [0.15, 0.2) is 6.07 Å². The van der Waals surface area contributed by atoms with Gasteiger partial charge in [0.05, 0.1) is 17.9 Å². The Morgan fingerprint density at radius 3 is 2.88 bits per heavy atom. The highest BCUT2D eigenvalue weighted by Crippen LogP contribution is 2.34. The molecule has 0 bridgehead atoms. The van der Waals surface area contributed by atoms with Crippen LogP contribution in [0.1, 0.15) is 43.0 Å². The van der Waals surface area contributed by atoms with Crippen LogP contribution in [0.4, 0.5) is 0 Å². The molecule has 0 aromatic carbocycles. The second kappa shape index (κ2) is 4.78. The Bertz CT molecular complexity index is 379. The average Bonchev–Trinajstić information content (AvgIpc) is 2.97. The molecular weight excluding hydrogens is 212 g/mol. The minimum absolute atomic E-state index is 0.732. The Morgan fingerprint density at radius 1 is 1.29 bits per heavy atom. The molecule has 3 rings (SSSR count). The van der Waals surface area contributed by atoms with Crippen molar-refractivity contribution < 1.29 is 0 Å². The maximum atomic E-state index is 5.62. The van der Waals surface area contributed by atoms with Crippen LogP contribution in [0, 0.1) is 0 Å². The van der Waals surface area contributed by atoms with Gasteiger partial charge >= 0.3 is 0 Å². The lowest BCUT2D eigenvalue weighted by Crippen LogP contribution is -2.36. The van der Waals surface area contributed by atoms with Crippen LogP contribution >= 0.6 is 0 Å². The van der Waals surface area contributed by atoms with Crippen LogP contribution in [0.3, 0.4) is 0 Å². The molecule has 4 heteroatoms. The van der Waals surface area contributed by atoms with E-state index in [2.05, 4.69) is 15.6 Å². The minimum atomic E-state index is 0.732. The van der Waals surface area contributed by atoms with Crippen LogP contribution in [-0.2, 0) is 13.1 Å². The number of aromatic nitrogens is 2. The summed E-state index contributed by atoms with van der Waals surface area (Å²) in [5.41, 5.74) is 8.34. The van der Waals surface area contributed by atoms with Crippen LogP contribution < -0.4 is 5.73 Å². The molecule has 2 N–H and O–H groups in total. The van der Waals surface area contributed by atoms with E-state index < -0.39 is 0 Å². The van der Waals surface area contributed by atoms with E-state index in [0.29, 0.717) is 0 Å². The van der Waals surface area contributed by atoms with E-state index in [1.807, 2.05) is 0 Å². The number of rotatable bonds is 3. The lowest BCUT2D eigenvalue weighted by atomic mass is 10.0. The molecule has 0 atom stereocenters. The molecule has 4 nitrogen and oxygen atoms in total. The van der Waals surface area contributed by atoms with Gasteiger partial charge in [-0.1, -0.05) is 12.8 Å². The highest BCUT2D eigenvalue weighted by Gasteiger charge is 2.23. The first-order valence-corrected chi connectivity index (χ1v) is 6.86. The Labute approximate surface area is 103 Å². The zero-order chi connectivity index (χ0) is 11.7. The van der Waals surface area contributed by atoms with E-state index >= 15 is 0 Å². The molecule has 1 aromatic heterocycles. The van der Waals surface area contributed by atoms with Gasteiger partial charge in [0.1, 0.15) is 0 Å². The van der Waals surface area contributed by atoms with Crippen molar-refractivity contribution in [3.05, 3.63) is 17.5 Å². The van der Waals surface area contributed by atoms with Gasteiger partial charge in [-0.15, -0.1) is 0 Å². The molecular formula is C13H22N4. The first-order valence-electron chi connectivity index (χ1n) is 6.86. The largest absolute Gasteiger partial charge is 0.329 e. The third kappa shape index (κ3) is 2.24. The highest BCUT2D eigenvalue weighted by atomic mass is 15.3. The first kappa shape index (κ1) is 11.2. The van der Waals surface area contributed by atoms with Crippen molar-refractivity contribution in [1.29, 1.82) is 0 Å². The van der Waals surface area contributed by atoms with Crippen molar-refractivity contribution in [1.82, 2.24) is 14.7 Å². The van der Waals surface area contributed by atoms with Gasteiger partial charge in [0.15, 0.2) is 0 Å². The second-order valence-electron chi connectivity index (χ2n) is 5.33. The van der Waals surface area contributed by atoms with Gasteiger partial charge in [0, 0.05) is 32.1 Å². The molecule has 17 heavy (non-hydrogen) atoms. The molecule has 0 unspecified atom stereocenters. The number of hydrogen-bond donors (Lipinski definition) is 1. The minimum Gasteiger partial charge on any atom is -0.329 e. The van der Waals surface area contributed by atoms with E-state index in [1.54, 1.807) is 0 Å². The van der Waals surface area contributed by atoms with Gasteiger partial charge in [0.2, 0.25) is 0 Å². The van der Waals surface area contributed by atoms with Gasteiger partial charge in [-0.25, -0.2) is 0 Å². The quantitative estimate of drug-likeness (QED) is 0.858. The summed E-state index contributed by atoms with van der Waals surface area (Å²) in [6, 6.07) is 2.33. The fraction of sp³-hybridized carbons (Fsp3) is 0.769. The topological polar surface area (TPSA) is 47.1 Å². The maximum Gasteiger partial charge on any atom is 0.0658 e. The Morgan fingerprint density at radius 2 is 2.12 bits per heavy atom. The van der Waals surface area contributed by atoms with Crippen molar-refractivity contribution in [2.45, 2.75) is 44.7 Å². The van der Waals surface area contributed by atoms with Gasteiger partial charge in [-0.2, -0.15) is 5.10 Å². The van der Waals surface area contributed by atoms with Crippen molar-refractivity contribution in [2.24, 2.45) is 5.73 Å². The summed E-state index contributed by atoms with van der Waals surface area (Å²) in [5, 5.41) is 4.79. The maximum absolute atomic E-state index is 5.62. The number of fused-ring (bicyclic) bond motifs is 1. The standard InChI is InChI=1S/C13H22N4/c14-5-6-16-7-8-17-12(10-16)9-13(15-17)11-3-1-2-4-11/h9,11H,1-8,10,14H2. The molecule has 0 amide bonds. The van der Waals surface area contributed by atoms with E-state index in [4.69, 9.17) is 10.8 Å². The summed E-state index contributed by atoms with van der Waals surface area (Å²) in [4.78, 5) is 2.43. The zero-order valence-electron chi connectivity index (χ0n) is 10.4. The van der Waals surface area contributed by atoms with Gasteiger partial charge in [0.25, 0.3) is 0 Å². The van der Waals surface area contributed by atoms with Crippen LogP contribution in [0.2, 0.25) is 0 Å². The molecule has 0 spiro atoms. The summed E-state index contributed by atoms with van der Waals surface area (Å²) in [6.45, 7) is 4.91. The molecule has 0 saturated heterocycles. The molecule has 1 aromatic rings. The fourth-order valence-corrected chi connectivity index (χ4v) is 3.14. The number of nitrogens with two attached hydrogens (primary N) is 1. The van der Waals surface area contributed by atoms with E-state index in [-0.39, 0.29) is 0 Å². The monoisotopic (exact) mass is 234 g/mol. The predicted molar refractivity (Wildman–Crippen MR) is 67.8 cm³/mol. The molecule has 1 aliphatic carbocycles. The van der Waals surface area contributed by atoms with Gasteiger partial charge in [-0.3, -0.25) is 9.58 Å². The molecule has 2 aliphatic rings. The molecule has 1 aliphatic heterocycles.